The van der Waals surface area contributed by atoms with Gasteiger partial charge in [0.25, 0.3) is 0 Å². The Hall–Kier alpha value is -1.46. The van der Waals surface area contributed by atoms with E-state index in [4.69, 9.17) is 5.73 Å². The minimum Gasteiger partial charge on any atom is -0.352 e. The van der Waals surface area contributed by atoms with Gasteiger partial charge in [0.1, 0.15) is 0 Å². The molecule has 0 bridgehead atoms. The van der Waals surface area contributed by atoms with Gasteiger partial charge in [-0.15, -0.1) is 0 Å². The maximum absolute atomic E-state index is 12.0. The number of piperidine rings is 1. The minimum atomic E-state index is -0.403. The van der Waals surface area contributed by atoms with Crippen molar-refractivity contribution in [2.45, 2.75) is 45.3 Å². The number of carbonyl (C=O) groups excluding carboxylic acids is 1. The first-order valence-corrected chi connectivity index (χ1v) is 7.73. The molecule has 0 spiro atoms. The number of nitrogens with zero attached hydrogens (tertiary/aromatic N) is 2. The standard InChI is InChI=1S/C16H26N4O/c1-12(2)15(17)16(21)19-14-5-9-20(10-6-14)11-13-3-7-18-8-4-13/h3-4,7-8,12,14-15H,5-6,9-11,17H2,1-2H3,(H,19,21)/t15-/m0/s1. The van der Waals surface area contributed by atoms with Crippen LogP contribution in [0.1, 0.15) is 32.3 Å². The Morgan fingerprint density at radius 1 is 1.38 bits per heavy atom. The Morgan fingerprint density at radius 3 is 2.57 bits per heavy atom. The molecule has 0 saturated carbocycles. The van der Waals surface area contributed by atoms with Crippen LogP contribution in [0, 0.1) is 5.92 Å². The molecule has 0 unspecified atom stereocenters. The number of nitrogens with two attached hydrogens (primary N) is 1. The summed E-state index contributed by atoms with van der Waals surface area (Å²) >= 11 is 0. The van der Waals surface area contributed by atoms with Crippen molar-refractivity contribution in [3.8, 4) is 0 Å². The van der Waals surface area contributed by atoms with Crippen molar-refractivity contribution >= 4 is 5.91 Å². The van der Waals surface area contributed by atoms with Crippen LogP contribution in [-0.2, 0) is 11.3 Å². The van der Waals surface area contributed by atoms with Crippen molar-refractivity contribution in [2.24, 2.45) is 11.7 Å². The molecule has 2 heterocycles. The largest absolute Gasteiger partial charge is 0.352 e. The number of likely N-dealkylation sites (tertiary alicyclic amines) is 1. The molecule has 1 atom stereocenters. The van der Waals surface area contributed by atoms with E-state index >= 15 is 0 Å². The van der Waals surface area contributed by atoms with Crippen LogP contribution < -0.4 is 11.1 Å². The highest BCUT2D eigenvalue weighted by Crippen LogP contribution is 2.14. The third-order valence-corrected chi connectivity index (χ3v) is 4.11. The lowest BCUT2D eigenvalue weighted by Gasteiger charge is -2.33. The lowest BCUT2D eigenvalue weighted by atomic mass is 10.0. The molecule has 21 heavy (non-hydrogen) atoms. The Bertz CT molecular complexity index is 441. The predicted molar refractivity (Wildman–Crippen MR) is 83.5 cm³/mol. The predicted octanol–water partition coefficient (Wildman–Crippen LogP) is 1.15. The number of rotatable bonds is 5. The summed E-state index contributed by atoms with van der Waals surface area (Å²) in [5.74, 6) is 0.161. The Labute approximate surface area is 126 Å². The monoisotopic (exact) mass is 290 g/mol. The highest BCUT2D eigenvalue weighted by molar-refractivity contribution is 5.82. The highest BCUT2D eigenvalue weighted by atomic mass is 16.2. The average Bonchev–Trinajstić information content (AvgIpc) is 2.49. The average molecular weight is 290 g/mol. The van der Waals surface area contributed by atoms with Crippen LogP contribution in [0.3, 0.4) is 0 Å². The molecule has 0 aliphatic carbocycles. The third-order valence-electron chi connectivity index (χ3n) is 4.11. The van der Waals surface area contributed by atoms with Crippen LogP contribution >= 0.6 is 0 Å². The van der Waals surface area contributed by atoms with Crippen LogP contribution in [0.2, 0.25) is 0 Å². The lowest BCUT2D eigenvalue weighted by Crippen LogP contribution is -2.51. The zero-order valence-electron chi connectivity index (χ0n) is 13.0. The molecule has 5 nitrogen and oxygen atoms in total. The Morgan fingerprint density at radius 2 is 2.00 bits per heavy atom. The van der Waals surface area contributed by atoms with Crippen LogP contribution in [0.15, 0.2) is 24.5 Å². The summed E-state index contributed by atoms with van der Waals surface area (Å²) in [6.07, 6.45) is 5.63. The van der Waals surface area contributed by atoms with E-state index in [-0.39, 0.29) is 17.9 Å². The van der Waals surface area contributed by atoms with Gasteiger partial charge in [-0.05, 0) is 36.5 Å². The summed E-state index contributed by atoms with van der Waals surface area (Å²) in [7, 11) is 0. The van der Waals surface area contributed by atoms with Gasteiger partial charge in [0.2, 0.25) is 5.91 Å². The molecule has 1 fully saturated rings. The van der Waals surface area contributed by atoms with Gasteiger partial charge in [-0.3, -0.25) is 14.7 Å². The third kappa shape index (κ3) is 4.79. The normalized spacial score (nSPS) is 18.7. The summed E-state index contributed by atoms with van der Waals surface area (Å²) in [5, 5.41) is 3.08. The fourth-order valence-corrected chi connectivity index (χ4v) is 2.58. The van der Waals surface area contributed by atoms with Gasteiger partial charge in [-0.1, -0.05) is 13.8 Å². The number of pyridine rings is 1. The SMILES string of the molecule is CC(C)[C@H](N)C(=O)NC1CCN(Cc2ccncc2)CC1. The summed E-state index contributed by atoms with van der Waals surface area (Å²) in [6, 6.07) is 3.96. The first kappa shape index (κ1) is 15.9. The van der Waals surface area contributed by atoms with Crippen molar-refractivity contribution in [3.63, 3.8) is 0 Å². The highest BCUT2D eigenvalue weighted by Gasteiger charge is 2.24. The van der Waals surface area contributed by atoms with Gasteiger partial charge in [0.15, 0.2) is 0 Å². The lowest BCUT2D eigenvalue weighted by molar-refractivity contribution is -0.124. The van der Waals surface area contributed by atoms with E-state index < -0.39 is 6.04 Å². The van der Waals surface area contributed by atoms with Gasteiger partial charge in [-0.2, -0.15) is 0 Å². The molecule has 0 radical (unpaired) electrons. The van der Waals surface area contributed by atoms with Gasteiger partial charge in [0.05, 0.1) is 6.04 Å². The molecule has 1 amide bonds. The second-order valence-electron chi connectivity index (χ2n) is 6.18. The maximum atomic E-state index is 12.0. The minimum absolute atomic E-state index is 0.0161. The Balaban J connectivity index is 1.74. The number of nitrogens with one attached hydrogen (secondary N) is 1. The van der Waals surface area contributed by atoms with Crippen molar-refractivity contribution < 1.29 is 4.79 Å². The van der Waals surface area contributed by atoms with Gasteiger partial charge < -0.3 is 11.1 Å². The first-order valence-electron chi connectivity index (χ1n) is 7.73. The molecule has 1 aromatic heterocycles. The summed E-state index contributed by atoms with van der Waals surface area (Å²) in [4.78, 5) is 18.4. The van der Waals surface area contributed by atoms with Crippen molar-refractivity contribution in [3.05, 3.63) is 30.1 Å². The molecule has 1 saturated heterocycles. The van der Waals surface area contributed by atoms with Crippen LogP contribution in [0.25, 0.3) is 0 Å². The number of hydrogen-bond acceptors (Lipinski definition) is 4. The van der Waals surface area contributed by atoms with Crippen LogP contribution in [0.5, 0.6) is 0 Å². The van der Waals surface area contributed by atoms with Crippen LogP contribution in [0.4, 0.5) is 0 Å². The van der Waals surface area contributed by atoms with Crippen molar-refractivity contribution in [2.75, 3.05) is 13.1 Å². The molecule has 116 valence electrons. The van der Waals surface area contributed by atoms with Gasteiger partial charge >= 0.3 is 0 Å². The van der Waals surface area contributed by atoms with Crippen molar-refractivity contribution in [1.29, 1.82) is 0 Å². The molecule has 1 aromatic rings. The van der Waals surface area contributed by atoms with E-state index in [1.54, 1.807) is 0 Å². The summed E-state index contributed by atoms with van der Waals surface area (Å²) in [5.41, 5.74) is 7.16. The molecule has 5 heteroatoms. The summed E-state index contributed by atoms with van der Waals surface area (Å²) in [6.45, 7) is 6.91. The second kappa shape index (κ2) is 7.52. The summed E-state index contributed by atoms with van der Waals surface area (Å²) < 4.78 is 0. The molecule has 3 N–H and O–H groups in total. The van der Waals surface area contributed by atoms with Crippen molar-refractivity contribution in [1.82, 2.24) is 15.2 Å². The van der Waals surface area contributed by atoms with Gasteiger partial charge in [0, 0.05) is 38.1 Å². The smallest absolute Gasteiger partial charge is 0.237 e. The first-order chi connectivity index (χ1) is 10.1. The fraction of sp³-hybridized carbons (Fsp3) is 0.625. The number of carbonyl (C=O) groups is 1. The number of hydrogen-bond donors (Lipinski definition) is 2. The zero-order chi connectivity index (χ0) is 15.2. The topological polar surface area (TPSA) is 71.2 Å². The van der Waals surface area contributed by atoms with E-state index in [0.29, 0.717) is 0 Å². The fourth-order valence-electron chi connectivity index (χ4n) is 2.58. The number of aromatic nitrogens is 1. The molecular weight excluding hydrogens is 264 g/mol. The zero-order valence-corrected chi connectivity index (χ0v) is 13.0. The molecule has 0 aromatic carbocycles. The maximum Gasteiger partial charge on any atom is 0.237 e. The molecule has 1 aliphatic heterocycles. The molecule has 2 rings (SSSR count). The second-order valence-corrected chi connectivity index (χ2v) is 6.18. The van der Waals surface area contributed by atoms with Crippen LogP contribution in [-0.4, -0.2) is 41.0 Å². The van der Waals surface area contributed by atoms with E-state index in [1.807, 2.05) is 26.2 Å². The molecular formula is C16H26N4O. The van der Waals surface area contributed by atoms with E-state index in [1.165, 1.54) is 5.56 Å². The quantitative estimate of drug-likeness (QED) is 0.853. The van der Waals surface area contributed by atoms with E-state index in [0.717, 1.165) is 32.5 Å². The number of amides is 1. The van der Waals surface area contributed by atoms with Gasteiger partial charge in [-0.25, -0.2) is 0 Å². The molecule has 1 aliphatic rings. The Kier molecular flexibility index (Phi) is 5.70. The van der Waals surface area contributed by atoms with E-state index in [2.05, 4.69) is 27.3 Å². The van der Waals surface area contributed by atoms with E-state index in [9.17, 15) is 4.79 Å².